The van der Waals surface area contributed by atoms with Gasteiger partial charge in [-0.05, 0) is 73.9 Å². The fourth-order valence-electron chi connectivity index (χ4n) is 5.67. The molecule has 1 fully saturated rings. The van der Waals surface area contributed by atoms with Crippen molar-refractivity contribution >= 4 is 22.3 Å². The molecule has 8 heteroatoms. The first-order valence-corrected chi connectivity index (χ1v) is 14.2. The second-order valence-electron chi connectivity index (χ2n) is 10.5. The fraction of sp³-hybridized carbons (Fsp3) is 0.273. The Balaban J connectivity index is 1.53. The highest BCUT2D eigenvalue weighted by atomic mass is 19.1. The van der Waals surface area contributed by atoms with Crippen molar-refractivity contribution in [2.75, 3.05) is 18.1 Å². The molecular formula is C33H34FN5O2. The lowest BCUT2D eigenvalue weighted by Crippen LogP contribution is -2.21. The van der Waals surface area contributed by atoms with Crippen molar-refractivity contribution in [2.45, 2.75) is 51.0 Å². The molecule has 3 aromatic carbocycles. The third kappa shape index (κ3) is 5.55. The first kappa shape index (κ1) is 26.6. The molecule has 1 aliphatic rings. The number of aromatic amines is 1. The van der Waals surface area contributed by atoms with Crippen molar-refractivity contribution in [3.63, 3.8) is 0 Å². The molecular weight excluding hydrogens is 517 g/mol. The second-order valence-corrected chi connectivity index (χ2v) is 10.5. The summed E-state index contributed by atoms with van der Waals surface area (Å²) in [6, 6.07) is 20.6. The van der Waals surface area contributed by atoms with E-state index >= 15 is 4.39 Å². The van der Waals surface area contributed by atoms with Crippen molar-refractivity contribution in [3.8, 4) is 22.8 Å². The van der Waals surface area contributed by atoms with Crippen LogP contribution in [0.2, 0.25) is 0 Å². The van der Waals surface area contributed by atoms with Gasteiger partial charge < -0.3 is 25.9 Å². The Morgan fingerprint density at radius 3 is 2.59 bits per heavy atom. The molecule has 0 aliphatic heterocycles. The molecule has 210 valence electrons. The molecule has 0 amide bonds. The molecule has 0 bridgehead atoms. The number of aromatic nitrogens is 3. The van der Waals surface area contributed by atoms with Crippen molar-refractivity contribution in [3.05, 3.63) is 95.8 Å². The highest BCUT2D eigenvalue weighted by Crippen LogP contribution is 2.40. The van der Waals surface area contributed by atoms with Crippen LogP contribution in [0, 0.1) is 5.82 Å². The monoisotopic (exact) mass is 551 g/mol. The maximum atomic E-state index is 16.6. The number of nitrogen functional groups attached to an aromatic ring is 2. The first-order chi connectivity index (χ1) is 20.0. The number of anilines is 2. The van der Waals surface area contributed by atoms with Gasteiger partial charge in [-0.25, -0.2) is 14.4 Å². The van der Waals surface area contributed by atoms with Crippen molar-refractivity contribution in [1.29, 1.82) is 0 Å². The number of imidazole rings is 1. The molecule has 1 aliphatic carbocycles. The lowest BCUT2D eigenvalue weighted by Gasteiger charge is -2.25. The van der Waals surface area contributed by atoms with Crippen LogP contribution in [0.4, 0.5) is 15.9 Å². The van der Waals surface area contributed by atoms with Crippen LogP contribution in [0.3, 0.4) is 0 Å². The van der Waals surface area contributed by atoms with Crippen LogP contribution in [0.15, 0.2) is 72.9 Å². The van der Waals surface area contributed by atoms with Crippen LogP contribution in [0.25, 0.3) is 22.0 Å². The van der Waals surface area contributed by atoms with Gasteiger partial charge in [0.15, 0.2) is 11.6 Å². The summed E-state index contributed by atoms with van der Waals surface area (Å²) >= 11 is 0. The van der Waals surface area contributed by atoms with Gasteiger partial charge in [0.25, 0.3) is 0 Å². The Bertz CT molecular complexity index is 1660. The summed E-state index contributed by atoms with van der Waals surface area (Å²) in [5.41, 5.74) is 15.8. The summed E-state index contributed by atoms with van der Waals surface area (Å²) in [7, 11) is 0. The van der Waals surface area contributed by atoms with Crippen LogP contribution in [-0.2, 0) is 0 Å². The van der Waals surface area contributed by atoms with E-state index < -0.39 is 11.7 Å². The largest absolute Gasteiger partial charge is 0.494 e. The van der Waals surface area contributed by atoms with Crippen LogP contribution in [0.5, 0.6) is 11.5 Å². The van der Waals surface area contributed by atoms with Gasteiger partial charge in [-0.3, -0.25) is 0 Å². The number of hydrogen-bond acceptors (Lipinski definition) is 6. The standard InChI is InChI=1S/C33H34FN5O2/c1-2-40-24-17-26(31(34)29(18-24)41-23-11-7-4-8-12-23)30(33-37-19-28(39-33)20-9-5-3-6-10-20)27-16-21-15-22(35)13-14-25(21)32(36)38-27/h3,5-6,9-10,13-19,23,30H,2,4,7-8,11-12,35H2,1H3,(H2,36,38)(H,37,39). The van der Waals surface area contributed by atoms with Crippen molar-refractivity contribution in [1.82, 2.24) is 15.0 Å². The van der Waals surface area contributed by atoms with Gasteiger partial charge in [0, 0.05) is 22.7 Å². The quantitative estimate of drug-likeness (QED) is 0.176. The fourth-order valence-corrected chi connectivity index (χ4v) is 5.67. The average molecular weight is 552 g/mol. The average Bonchev–Trinajstić information content (AvgIpc) is 3.46. The topological polar surface area (TPSA) is 112 Å². The van der Waals surface area contributed by atoms with E-state index in [1.165, 1.54) is 6.42 Å². The zero-order valence-electron chi connectivity index (χ0n) is 23.1. The van der Waals surface area contributed by atoms with Crippen LogP contribution in [-0.4, -0.2) is 27.7 Å². The number of benzene rings is 3. The Morgan fingerprint density at radius 2 is 1.80 bits per heavy atom. The number of pyridine rings is 1. The van der Waals surface area contributed by atoms with Crippen LogP contribution in [0.1, 0.15) is 62.0 Å². The van der Waals surface area contributed by atoms with Gasteiger partial charge in [0.2, 0.25) is 0 Å². The zero-order chi connectivity index (χ0) is 28.3. The molecule has 5 N–H and O–H groups in total. The number of fused-ring (bicyclic) bond motifs is 1. The lowest BCUT2D eigenvalue weighted by molar-refractivity contribution is 0.147. The van der Waals surface area contributed by atoms with Gasteiger partial charge in [-0.1, -0.05) is 36.8 Å². The van der Waals surface area contributed by atoms with Gasteiger partial charge >= 0.3 is 0 Å². The van der Waals surface area contributed by atoms with Crippen molar-refractivity contribution < 1.29 is 13.9 Å². The predicted octanol–water partition coefficient (Wildman–Crippen LogP) is 7.22. The molecule has 1 unspecified atom stereocenters. The third-order valence-electron chi connectivity index (χ3n) is 7.66. The van der Waals surface area contributed by atoms with Gasteiger partial charge in [-0.15, -0.1) is 0 Å². The molecule has 2 heterocycles. The summed E-state index contributed by atoms with van der Waals surface area (Å²) in [4.78, 5) is 12.9. The Morgan fingerprint density at radius 1 is 1.00 bits per heavy atom. The van der Waals surface area contributed by atoms with E-state index in [2.05, 4.69) is 4.98 Å². The summed E-state index contributed by atoms with van der Waals surface area (Å²) in [5, 5.41) is 1.59. The number of nitrogens with zero attached hydrogens (tertiary/aromatic N) is 2. The number of hydrogen-bond donors (Lipinski definition) is 3. The van der Waals surface area contributed by atoms with E-state index in [4.69, 9.17) is 30.9 Å². The number of nitrogens with two attached hydrogens (primary N) is 2. The molecule has 2 aromatic heterocycles. The molecule has 6 rings (SSSR count). The van der Waals surface area contributed by atoms with E-state index in [0.29, 0.717) is 40.9 Å². The Kier molecular flexibility index (Phi) is 7.46. The molecule has 41 heavy (non-hydrogen) atoms. The number of H-pyrrole nitrogens is 1. The number of nitrogens with one attached hydrogen (secondary N) is 1. The maximum absolute atomic E-state index is 16.6. The summed E-state index contributed by atoms with van der Waals surface area (Å²) < 4.78 is 28.7. The van der Waals surface area contributed by atoms with E-state index in [1.807, 2.05) is 55.5 Å². The minimum Gasteiger partial charge on any atom is -0.494 e. The van der Waals surface area contributed by atoms with Crippen LogP contribution >= 0.6 is 0 Å². The molecule has 1 saturated carbocycles. The Labute approximate surface area is 238 Å². The van der Waals surface area contributed by atoms with E-state index in [0.717, 1.165) is 47.7 Å². The van der Waals surface area contributed by atoms with Crippen molar-refractivity contribution in [2.24, 2.45) is 0 Å². The molecule has 5 aromatic rings. The molecule has 0 spiro atoms. The molecule has 0 radical (unpaired) electrons. The minimum atomic E-state index is -0.727. The number of halogens is 1. The second kappa shape index (κ2) is 11.5. The normalized spacial score (nSPS) is 14.7. The van der Waals surface area contributed by atoms with E-state index in [-0.39, 0.29) is 11.9 Å². The lowest BCUT2D eigenvalue weighted by atomic mass is 9.91. The molecule has 1 atom stereocenters. The number of rotatable bonds is 8. The SMILES string of the molecule is CCOc1cc(OC2CCCCC2)c(F)c(C(c2cc3cc(N)ccc3c(N)n2)c2ncc(-c3ccccc3)[nH]2)c1. The summed E-state index contributed by atoms with van der Waals surface area (Å²) in [6.45, 7) is 2.33. The van der Waals surface area contributed by atoms with E-state index in [9.17, 15) is 0 Å². The summed E-state index contributed by atoms with van der Waals surface area (Å²) in [6.07, 6.45) is 6.85. The van der Waals surface area contributed by atoms with Gasteiger partial charge in [0.1, 0.15) is 17.4 Å². The molecule has 0 saturated heterocycles. The highest BCUT2D eigenvalue weighted by molar-refractivity contribution is 5.93. The van der Waals surface area contributed by atoms with Gasteiger partial charge in [0.05, 0.1) is 36.2 Å². The Hall–Kier alpha value is -4.59. The highest BCUT2D eigenvalue weighted by Gasteiger charge is 2.29. The smallest absolute Gasteiger partial charge is 0.169 e. The van der Waals surface area contributed by atoms with Gasteiger partial charge in [-0.2, -0.15) is 0 Å². The predicted molar refractivity (Wildman–Crippen MR) is 161 cm³/mol. The maximum Gasteiger partial charge on any atom is 0.169 e. The van der Waals surface area contributed by atoms with Crippen LogP contribution < -0.4 is 20.9 Å². The third-order valence-corrected chi connectivity index (χ3v) is 7.66. The summed E-state index contributed by atoms with van der Waals surface area (Å²) in [5.74, 6) is 0.361. The molecule has 7 nitrogen and oxygen atoms in total. The first-order valence-electron chi connectivity index (χ1n) is 14.2. The van der Waals surface area contributed by atoms with E-state index in [1.54, 1.807) is 24.4 Å². The zero-order valence-corrected chi connectivity index (χ0v) is 23.1. The minimum absolute atomic E-state index is 0.0351. The number of ether oxygens (including phenoxy) is 2.